The van der Waals surface area contributed by atoms with E-state index in [1.807, 2.05) is 0 Å². The van der Waals surface area contributed by atoms with E-state index in [2.05, 4.69) is 5.32 Å². The van der Waals surface area contributed by atoms with Gasteiger partial charge >= 0.3 is 5.97 Å². The van der Waals surface area contributed by atoms with Gasteiger partial charge in [-0.3, -0.25) is 9.59 Å². The summed E-state index contributed by atoms with van der Waals surface area (Å²) in [6.45, 7) is 0.307. The summed E-state index contributed by atoms with van der Waals surface area (Å²) in [6.07, 6.45) is 0. The summed E-state index contributed by atoms with van der Waals surface area (Å²) in [7, 11) is 2.85. The quantitative estimate of drug-likeness (QED) is 0.396. The minimum atomic E-state index is -1.01. The Labute approximate surface area is 183 Å². The molecule has 1 aliphatic rings. The predicted octanol–water partition coefficient (Wildman–Crippen LogP) is 3.37. The number of ether oxygens (including phenoxy) is 2. The summed E-state index contributed by atoms with van der Waals surface area (Å²) in [4.78, 5) is 38.0. The molecule has 0 radical (unpaired) electrons. The fourth-order valence-electron chi connectivity index (χ4n) is 3.81. The molecular weight excluding hydrogens is 412 g/mol. The lowest BCUT2D eigenvalue weighted by molar-refractivity contribution is 0.0696. The number of carboxylic acids is 1. The van der Waals surface area contributed by atoms with Crippen molar-refractivity contribution in [3.8, 4) is 11.5 Å². The van der Waals surface area contributed by atoms with Crippen LogP contribution in [-0.2, 0) is 6.54 Å². The molecule has 8 heteroatoms. The zero-order valence-corrected chi connectivity index (χ0v) is 17.4. The Morgan fingerprint density at radius 3 is 2.00 bits per heavy atom. The predicted molar refractivity (Wildman–Crippen MR) is 118 cm³/mol. The molecule has 32 heavy (non-hydrogen) atoms. The maximum Gasteiger partial charge on any atom is 0.335 e. The number of fused-ring (bicyclic) bond motifs is 2. The molecule has 3 aromatic carbocycles. The van der Waals surface area contributed by atoms with Crippen molar-refractivity contribution in [3.05, 3.63) is 81.9 Å². The number of rotatable bonds is 6. The number of aromatic carboxylic acids is 1. The number of nitrogen functional groups attached to an aromatic ring is 1. The van der Waals surface area contributed by atoms with Crippen LogP contribution in [0.3, 0.4) is 0 Å². The molecule has 4 N–H and O–H groups in total. The fraction of sp³-hybridized carbons (Fsp3) is 0.125. The van der Waals surface area contributed by atoms with Gasteiger partial charge < -0.3 is 25.6 Å². The lowest BCUT2D eigenvalue weighted by atomic mass is 9.81. The summed E-state index contributed by atoms with van der Waals surface area (Å²) in [5, 5.41) is 12.2. The van der Waals surface area contributed by atoms with Crippen molar-refractivity contribution in [2.45, 2.75) is 6.54 Å². The van der Waals surface area contributed by atoms with Crippen LogP contribution in [0.1, 0.15) is 47.8 Å². The van der Waals surface area contributed by atoms with Gasteiger partial charge in [0, 0.05) is 17.9 Å². The molecule has 0 unspecified atom stereocenters. The van der Waals surface area contributed by atoms with Crippen LogP contribution < -0.4 is 20.5 Å². The van der Waals surface area contributed by atoms with Crippen molar-refractivity contribution in [1.82, 2.24) is 0 Å². The molecular formula is C24H20N2O6. The van der Waals surface area contributed by atoms with Crippen LogP contribution in [0.5, 0.6) is 11.5 Å². The van der Waals surface area contributed by atoms with E-state index in [4.69, 9.17) is 20.3 Å². The second-order valence-corrected chi connectivity index (χ2v) is 7.19. The number of hydrogen-bond acceptors (Lipinski definition) is 7. The smallest absolute Gasteiger partial charge is 0.335 e. The molecule has 0 fully saturated rings. The van der Waals surface area contributed by atoms with E-state index in [-0.39, 0.29) is 45.0 Å². The first-order chi connectivity index (χ1) is 15.4. The molecule has 162 valence electrons. The van der Waals surface area contributed by atoms with Gasteiger partial charge in [-0.25, -0.2) is 4.79 Å². The van der Waals surface area contributed by atoms with Crippen molar-refractivity contribution < 1.29 is 29.0 Å². The summed E-state index contributed by atoms with van der Waals surface area (Å²) in [5.41, 5.74) is 8.18. The normalized spacial score (nSPS) is 12.1. The number of carboxylic acid groups (broad SMARTS) is 1. The highest BCUT2D eigenvalue weighted by atomic mass is 16.5. The average molecular weight is 432 g/mol. The summed E-state index contributed by atoms with van der Waals surface area (Å²) >= 11 is 0. The van der Waals surface area contributed by atoms with E-state index in [0.29, 0.717) is 12.2 Å². The van der Waals surface area contributed by atoms with Crippen LogP contribution in [0.15, 0.2) is 48.5 Å². The Morgan fingerprint density at radius 1 is 0.844 bits per heavy atom. The van der Waals surface area contributed by atoms with Crippen LogP contribution in [0.25, 0.3) is 0 Å². The minimum Gasteiger partial charge on any atom is -0.496 e. The van der Waals surface area contributed by atoms with E-state index >= 15 is 0 Å². The molecule has 0 aliphatic heterocycles. The highest BCUT2D eigenvalue weighted by Crippen LogP contribution is 2.42. The summed E-state index contributed by atoms with van der Waals surface area (Å²) < 4.78 is 10.7. The molecule has 3 aromatic rings. The molecule has 8 nitrogen and oxygen atoms in total. The lowest BCUT2D eigenvalue weighted by Crippen LogP contribution is -2.25. The minimum absolute atomic E-state index is 0.0987. The number of methoxy groups -OCH3 is 2. The number of anilines is 2. The number of hydrogen-bond donors (Lipinski definition) is 3. The third-order valence-electron chi connectivity index (χ3n) is 5.40. The van der Waals surface area contributed by atoms with Crippen LogP contribution in [0.4, 0.5) is 11.4 Å². The molecule has 0 saturated heterocycles. The second-order valence-electron chi connectivity index (χ2n) is 7.19. The fourth-order valence-corrected chi connectivity index (χ4v) is 3.81. The SMILES string of the molecule is COc1ccc(N)c2c1C(=O)c1c(NCc3ccc(C(=O)O)cc3)ccc(OC)c1C2=O. The molecule has 0 bridgehead atoms. The zero-order chi connectivity index (χ0) is 23.0. The number of benzene rings is 3. The van der Waals surface area contributed by atoms with Gasteiger partial charge in [-0.15, -0.1) is 0 Å². The van der Waals surface area contributed by atoms with Gasteiger partial charge in [-0.05, 0) is 42.0 Å². The summed E-state index contributed by atoms with van der Waals surface area (Å²) in [6, 6.07) is 12.7. The molecule has 0 atom stereocenters. The van der Waals surface area contributed by atoms with Gasteiger partial charge in [0.1, 0.15) is 11.5 Å². The molecule has 0 amide bonds. The van der Waals surface area contributed by atoms with Crippen molar-refractivity contribution in [2.24, 2.45) is 0 Å². The number of carbonyl (C=O) groups excluding carboxylic acids is 2. The number of nitrogens with one attached hydrogen (secondary N) is 1. The highest BCUT2D eigenvalue weighted by molar-refractivity contribution is 6.33. The van der Waals surface area contributed by atoms with Crippen LogP contribution in [0.2, 0.25) is 0 Å². The molecule has 4 rings (SSSR count). The molecule has 0 spiro atoms. The van der Waals surface area contributed by atoms with E-state index < -0.39 is 17.5 Å². The Kier molecular flexibility index (Phi) is 5.28. The zero-order valence-electron chi connectivity index (χ0n) is 17.4. The Hall–Kier alpha value is -4.33. The van der Waals surface area contributed by atoms with E-state index in [1.165, 1.54) is 32.4 Å². The number of ketones is 2. The maximum absolute atomic E-state index is 13.6. The number of carbonyl (C=O) groups is 3. The molecule has 0 heterocycles. The van der Waals surface area contributed by atoms with Crippen LogP contribution in [-0.4, -0.2) is 36.9 Å². The van der Waals surface area contributed by atoms with Gasteiger partial charge in [0.2, 0.25) is 11.6 Å². The number of nitrogens with two attached hydrogens (primary N) is 1. The van der Waals surface area contributed by atoms with Gasteiger partial charge in [0.25, 0.3) is 0 Å². The van der Waals surface area contributed by atoms with Crippen molar-refractivity contribution >= 4 is 28.9 Å². The van der Waals surface area contributed by atoms with E-state index in [9.17, 15) is 14.4 Å². The molecule has 0 aromatic heterocycles. The van der Waals surface area contributed by atoms with Crippen molar-refractivity contribution in [1.29, 1.82) is 0 Å². The van der Waals surface area contributed by atoms with Gasteiger partial charge in [-0.1, -0.05) is 12.1 Å². The Morgan fingerprint density at radius 2 is 1.41 bits per heavy atom. The third-order valence-corrected chi connectivity index (χ3v) is 5.40. The maximum atomic E-state index is 13.6. The highest BCUT2D eigenvalue weighted by Gasteiger charge is 2.38. The first kappa shape index (κ1) is 20.9. The first-order valence-corrected chi connectivity index (χ1v) is 9.70. The Balaban J connectivity index is 1.78. The van der Waals surface area contributed by atoms with Crippen LogP contribution >= 0.6 is 0 Å². The largest absolute Gasteiger partial charge is 0.496 e. The van der Waals surface area contributed by atoms with E-state index in [0.717, 1.165) is 5.56 Å². The van der Waals surface area contributed by atoms with Gasteiger partial charge in [0.05, 0.1) is 42.0 Å². The third kappa shape index (κ3) is 3.31. The van der Waals surface area contributed by atoms with Crippen molar-refractivity contribution in [2.75, 3.05) is 25.3 Å². The van der Waals surface area contributed by atoms with Crippen LogP contribution in [0, 0.1) is 0 Å². The lowest BCUT2D eigenvalue weighted by Gasteiger charge is -2.25. The van der Waals surface area contributed by atoms with Crippen molar-refractivity contribution in [3.63, 3.8) is 0 Å². The van der Waals surface area contributed by atoms with Gasteiger partial charge in [0.15, 0.2) is 0 Å². The standard InChI is InChI=1S/C24H20N2O6/c1-31-16-9-7-14(25)18-20(16)23(28)19-15(8-10-17(32-2)21(19)22(18)27)26-11-12-3-5-13(6-4-12)24(29)30/h3-10,26H,11,25H2,1-2H3,(H,29,30). The molecule has 0 saturated carbocycles. The second kappa shape index (κ2) is 8.07. The Bertz CT molecular complexity index is 1260. The van der Waals surface area contributed by atoms with E-state index in [1.54, 1.807) is 30.3 Å². The summed E-state index contributed by atoms with van der Waals surface area (Å²) in [5.74, 6) is -1.30. The monoisotopic (exact) mass is 432 g/mol. The average Bonchev–Trinajstić information content (AvgIpc) is 2.80. The topological polar surface area (TPSA) is 128 Å². The molecule has 1 aliphatic carbocycles. The first-order valence-electron chi connectivity index (χ1n) is 9.70. The van der Waals surface area contributed by atoms with Gasteiger partial charge in [-0.2, -0.15) is 0 Å².